The van der Waals surface area contributed by atoms with Gasteiger partial charge in [-0.1, -0.05) is 18.2 Å². The zero-order chi connectivity index (χ0) is 17.4. The van der Waals surface area contributed by atoms with Crippen LogP contribution in [0, 0.1) is 6.92 Å². The van der Waals surface area contributed by atoms with Gasteiger partial charge in [-0.3, -0.25) is 9.69 Å². The lowest BCUT2D eigenvalue weighted by atomic mass is 9.97. The summed E-state index contributed by atoms with van der Waals surface area (Å²) in [4.78, 5) is 22.8. The van der Waals surface area contributed by atoms with E-state index in [0.717, 1.165) is 48.1 Å². The van der Waals surface area contributed by atoms with Crippen LogP contribution in [-0.4, -0.2) is 49.6 Å². The number of nitrogens with zero attached hydrogens (tertiary/aromatic N) is 4. The summed E-state index contributed by atoms with van der Waals surface area (Å²) >= 11 is 0. The summed E-state index contributed by atoms with van der Waals surface area (Å²) in [6.07, 6.45) is 5.35. The highest BCUT2D eigenvalue weighted by molar-refractivity contribution is 6.11. The number of hydrogen-bond donors (Lipinski definition) is 1. The second kappa shape index (κ2) is 6.44. The summed E-state index contributed by atoms with van der Waals surface area (Å²) in [6, 6.07) is 8.29. The van der Waals surface area contributed by atoms with Crippen LogP contribution < -0.4 is 0 Å². The molecule has 25 heavy (non-hydrogen) atoms. The minimum atomic E-state index is -0.116. The van der Waals surface area contributed by atoms with Crippen LogP contribution in [0.1, 0.15) is 41.9 Å². The second-order valence-corrected chi connectivity index (χ2v) is 6.85. The van der Waals surface area contributed by atoms with Gasteiger partial charge in [0.05, 0.1) is 12.1 Å². The number of aryl methyl sites for hydroxylation is 1. The summed E-state index contributed by atoms with van der Waals surface area (Å²) < 4.78 is 1.94. The molecule has 1 atom stereocenters. The third-order valence-electron chi connectivity index (χ3n) is 5.38. The Morgan fingerprint density at radius 1 is 1.28 bits per heavy atom. The zero-order valence-corrected chi connectivity index (χ0v) is 14.6. The van der Waals surface area contributed by atoms with E-state index in [-0.39, 0.29) is 11.8 Å². The van der Waals surface area contributed by atoms with Crippen molar-refractivity contribution in [3.05, 3.63) is 48.2 Å². The number of aromatic nitrogens is 4. The van der Waals surface area contributed by atoms with E-state index in [9.17, 15) is 4.79 Å². The van der Waals surface area contributed by atoms with Crippen molar-refractivity contribution in [1.82, 2.24) is 24.6 Å². The predicted octanol–water partition coefficient (Wildman–Crippen LogP) is 2.98. The zero-order valence-electron chi connectivity index (χ0n) is 14.6. The fraction of sp³-hybridized carbons (Fsp3) is 0.421. The average Bonchev–Trinajstić information content (AvgIpc) is 3.27. The number of nitrogens with one attached hydrogen (secondary N) is 1. The smallest absolute Gasteiger partial charge is 0.182 e. The van der Waals surface area contributed by atoms with E-state index in [1.54, 1.807) is 12.7 Å². The molecule has 3 heterocycles. The third-order valence-corrected chi connectivity index (χ3v) is 5.38. The number of carbonyl (C=O) groups excluding carboxylic acids is 1. The molecular formula is C19H23N5O. The molecule has 1 N–H and O–H groups in total. The molecule has 0 bridgehead atoms. The highest BCUT2D eigenvalue weighted by Crippen LogP contribution is 2.27. The molecule has 6 nitrogen and oxygen atoms in total. The van der Waals surface area contributed by atoms with Crippen LogP contribution in [-0.2, 0) is 0 Å². The van der Waals surface area contributed by atoms with Gasteiger partial charge < -0.3 is 4.98 Å². The van der Waals surface area contributed by atoms with Crippen molar-refractivity contribution in [2.24, 2.45) is 0 Å². The van der Waals surface area contributed by atoms with Crippen LogP contribution >= 0.6 is 0 Å². The molecule has 1 aromatic carbocycles. The highest BCUT2D eigenvalue weighted by atomic mass is 16.1. The monoisotopic (exact) mass is 337 g/mol. The van der Waals surface area contributed by atoms with Gasteiger partial charge in [-0.2, -0.15) is 5.10 Å². The maximum absolute atomic E-state index is 13.2. The Morgan fingerprint density at radius 2 is 2.04 bits per heavy atom. The summed E-state index contributed by atoms with van der Waals surface area (Å²) in [5.41, 5.74) is 2.82. The lowest BCUT2D eigenvalue weighted by Crippen LogP contribution is -2.44. The number of carbonyl (C=O) groups is 1. The fourth-order valence-electron chi connectivity index (χ4n) is 3.91. The van der Waals surface area contributed by atoms with E-state index in [1.165, 1.54) is 0 Å². The first-order valence-corrected chi connectivity index (χ1v) is 8.85. The van der Waals surface area contributed by atoms with E-state index in [4.69, 9.17) is 0 Å². The number of H-pyrrole nitrogens is 1. The standard InChI is InChI=1S/C19H23N5O/c1-13-18(16-5-3-4-6-17(16)22-13)19(25)14(2)23-9-7-15(8-10-23)24-12-20-11-21-24/h3-6,11-12,14-15,22H,7-10H2,1-2H3. The number of Topliss-reactive ketones (excluding diaryl/α,β-unsaturated/α-hetero) is 1. The molecule has 6 heteroatoms. The molecule has 130 valence electrons. The number of benzene rings is 1. The van der Waals surface area contributed by atoms with Gasteiger partial charge in [0.2, 0.25) is 0 Å². The maximum atomic E-state index is 13.2. The molecule has 1 unspecified atom stereocenters. The lowest BCUT2D eigenvalue weighted by Gasteiger charge is -2.35. The third kappa shape index (κ3) is 2.87. The van der Waals surface area contributed by atoms with E-state index < -0.39 is 0 Å². The Bertz CT molecular complexity index is 875. The van der Waals surface area contributed by atoms with Crippen molar-refractivity contribution in [1.29, 1.82) is 0 Å². The summed E-state index contributed by atoms with van der Waals surface area (Å²) in [6.45, 7) is 5.81. The van der Waals surface area contributed by atoms with E-state index in [0.29, 0.717) is 6.04 Å². The van der Waals surface area contributed by atoms with Crippen LogP contribution in [0.25, 0.3) is 10.9 Å². The van der Waals surface area contributed by atoms with Crippen molar-refractivity contribution in [3.63, 3.8) is 0 Å². The molecule has 3 aromatic rings. The Morgan fingerprint density at radius 3 is 2.76 bits per heavy atom. The summed E-state index contributed by atoms with van der Waals surface area (Å²) in [5.74, 6) is 0.203. The molecule has 0 amide bonds. The summed E-state index contributed by atoms with van der Waals surface area (Å²) in [5, 5.41) is 5.27. The van der Waals surface area contributed by atoms with Crippen LogP contribution in [0.2, 0.25) is 0 Å². The molecule has 0 saturated carbocycles. The van der Waals surface area contributed by atoms with Gasteiger partial charge in [-0.15, -0.1) is 0 Å². The van der Waals surface area contributed by atoms with Crippen molar-refractivity contribution in [2.75, 3.05) is 13.1 Å². The Balaban J connectivity index is 1.50. The minimum absolute atomic E-state index is 0.116. The molecule has 1 saturated heterocycles. The van der Waals surface area contributed by atoms with Crippen LogP contribution in [0.5, 0.6) is 0 Å². The van der Waals surface area contributed by atoms with Crippen LogP contribution in [0.3, 0.4) is 0 Å². The first-order chi connectivity index (χ1) is 12.1. The molecule has 0 aliphatic carbocycles. The molecule has 2 aromatic heterocycles. The van der Waals surface area contributed by atoms with Gasteiger partial charge in [0.25, 0.3) is 0 Å². The van der Waals surface area contributed by atoms with Gasteiger partial charge in [-0.05, 0) is 32.8 Å². The van der Waals surface area contributed by atoms with Gasteiger partial charge in [0.1, 0.15) is 12.7 Å². The summed E-state index contributed by atoms with van der Waals surface area (Å²) in [7, 11) is 0. The molecule has 0 spiro atoms. The minimum Gasteiger partial charge on any atom is -0.358 e. The molecule has 0 radical (unpaired) electrons. The normalized spacial score (nSPS) is 17.8. The first kappa shape index (κ1) is 16.0. The number of rotatable bonds is 4. The number of para-hydroxylation sites is 1. The van der Waals surface area contributed by atoms with E-state index in [1.807, 2.05) is 42.8 Å². The van der Waals surface area contributed by atoms with Crippen molar-refractivity contribution in [2.45, 2.75) is 38.8 Å². The highest BCUT2D eigenvalue weighted by Gasteiger charge is 2.30. The molecule has 1 aliphatic heterocycles. The Labute approximate surface area is 146 Å². The maximum Gasteiger partial charge on any atom is 0.182 e. The van der Waals surface area contributed by atoms with Crippen molar-refractivity contribution in [3.8, 4) is 0 Å². The Kier molecular flexibility index (Phi) is 4.13. The number of fused-ring (bicyclic) bond motifs is 1. The van der Waals surface area contributed by atoms with E-state index in [2.05, 4.69) is 20.0 Å². The molecule has 1 aliphatic rings. The molecule has 4 rings (SSSR count). The van der Waals surface area contributed by atoms with Crippen molar-refractivity contribution >= 4 is 16.7 Å². The number of piperidine rings is 1. The van der Waals surface area contributed by atoms with Crippen LogP contribution in [0.15, 0.2) is 36.9 Å². The molecular weight excluding hydrogens is 314 g/mol. The second-order valence-electron chi connectivity index (χ2n) is 6.85. The SMILES string of the molecule is Cc1[nH]c2ccccc2c1C(=O)C(C)N1CCC(n2cncn2)CC1. The number of ketones is 1. The number of hydrogen-bond acceptors (Lipinski definition) is 4. The largest absolute Gasteiger partial charge is 0.358 e. The van der Waals surface area contributed by atoms with Crippen molar-refractivity contribution < 1.29 is 4.79 Å². The van der Waals surface area contributed by atoms with E-state index >= 15 is 0 Å². The lowest BCUT2D eigenvalue weighted by molar-refractivity contribution is 0.0771. The Hall–Kier alpha value is -2.47. The quantitative estimate of drug-likeness (QED) is 0.743. The first-order valence-electron chi connectivity index (χ1n) is 8.85. The number of likely N-dealkylation sites (tertiary alicyclic amines) is 1. The number of aromatic amines is 1. The average molecular weight is 337 g/mol. The van der Waals surface area contributed by atoms with Crippen LogP contribution in [0.4, 0.5) is 0 Å². The van der Waals surface area contributed by atoms with Gasteiger partial charge in [-0.25, -0.2) is 9.67 Å². The predicted molar refractivity (Wildman–Crippen MR) is 96.7 cm³/mol. The van der Waals surface area contributed by atoms with Gasteiger partial charge in [0, 0.05) is 35.2 Å². The van der Waals surface area contributed by atoms with Gasteiger partial charge >= 0.3 is 0 Å². The fourth-order valence-corrected chi connectivity index (χ4v) is 3.91. The van der Waals surface area contributed by atoms with Gasteiger partial charge in [0.15, 0.2) is 5.78 Å². The molecule has 1 fully saturated rings. The topological polar surface area (TPSA) is 66.8 Å².